The highest BCUT2D eigenvalue weighted by Gasteiger charge is 2.31. The van der Waals surface area contributed by atoms with Crippen molar-refractivity contribution in [2.45, 2.75) is 19.0 Å². The van der Waals surface area contributed by atoms with Gasteiger partial charge >= 0.3 is 0 Å². The Kier molecular flexibility index (Phi) is 4.57. The summed E-state index contributed by atoms with van der Waals surface area (Å²) in [5, 5.41) is 0.631. The molecule has 0 saturated heterocycles. The third-order valence-corrected chi connectivity index (χ3v) is 5.91. The minimum Gasteiger partial charge on any atom is -0.329 e. The molecule has 144 valence electrons. The van der Waals surface area contributed by atoms with Crippen LogP contribution in [0.25, 0.3) is 11.0 Å². The number of para-hydroxylation sites is 2. The largest absolute Gasteiger partial charge is 0.329 e. The second kappa shape index (κ2) is 7.37. The molecule has 2 heterocycles. The Morgan fingerprint density at radius 1 is 1.00 bits per heavy atom. The monoisotopic (exact) mass is 401 g/mol. The number of fused-ring (bicyclic) bond motifs is 2. The normalized spacial score (nSPS) is 16.0. The topological polar surface area (TPSA) is 38.1 Å². The van der Waals surface area contributed by atoms with Gasteiger partial charge in [-0.3, -0.25) is 4.79 Å². The summed E-state index contributed by atoms with van der Waals surface area (Å²) in [5.74, 6) is 0.0330. The van der Waals surface area contributed by atoms with E-state index in [2.05, 4.69) is 33.8 Å². The Balaban J connectivity index is 1.55. The number of carbonyl (C=O) groups is 1. The first kappa shape index (κ1) is 18.0. The van der Waals surface area contributed by atoms with Gasteiger partial charge in [0.25, 0.3) is 5.91 Å². The molecule has 1 unspecified atom stereocenters. The molecular weight excluding hydrogens is 382 g/mol. The summed E-state index contributed by atoms with van der Waals surface area (Å²) >= 11 is 6.01. The van der Waals surface area contributed by atoms with E-state index in [0.29, 0.717) is 23.7 Å². The molecule has 0 N–H and O–H groups in total. The molecule has 5 rings (SSSR count). The number of carbonyl (C=O) groups excluding carboxylic acids is 1. The van der Waals surface area contributed by atoms with Gasteiger partial charge in [-0.25, -0.2) is 4.98 Å². The van der Waals surface area contributed by atoms with Crippen molar-refractivity contribution in [2.24, 2.45) is 0 Å². The molecular formula is C24H20ClN3O. The van der Waals surface area contributed by atoms with Crippen LogP contribution in [-0.2, 0) is 13.0 Å². The molecule has 0 fully saturated rings. The lowest BCUT2D eigenvalue weighted by atomic mass is 9.91. The summed E-state index contributed by atoms with van der Waals surface area (Å²) in [6.07, 6.45) is 2.73. The lowest BCUT2D eigenvalue weighted by Gasteiger charge is -2.38. The molecule has 0 bridgehead atoms. The minimum atomic E-state index is -0.0549. The molecule has 1 amide bonds. The van der Waals surface area contributed by atoms with Crippen LogP contribution in [0.5, 0.6) is 0 Å². The van der Waals surface area contributed by atoms with E-state index in [1.54, 1.807) is 24.3 Å². The van der Waals surface area contributed by atoms with Crippen molar-refractivity contribution >= 4 is 28.5 Å². The second-order valence-corrected chi connectivity index (χ2v) is 7.79. The highest BCUT2D eigenvalue weighted by molar-refractivity contribution is 6.30. The van der Waals surface area contributed by atoms with Crippen molar-refractivity contribution in [3.63, 3.8) is 0 Å². The number of hydrogen-bond acceptors (Lipinski definition) is 2. The molecule has 1 aromatic heterocycles. The number of hydrogen-bond donors (Lipinski definition) is 0. The van der Waals surface area contributed by atoms with Crippen LogP contribution in [0.3, 0.4) is 0 Å². The van der Waals surface area contributed by atoms with Crippen molar-refractivity contribution < 1.29 is 4.79 Å². The summed E-state index contributed by atoms with van der Waals surface area (Å²) in [7, 11) is 0. The van der Waals surface area contributed by atoms with Crippen molar-refractivity contribution in [2.75, 3.05) is 6.54 Å². The van der Waals surface area contributed by atoms with Gasteiger partial charge in [-0.05, 0) is 53.9 Å². The Labute approximate surface area is 174 Å². The zero-order chi connectivity index (χ0) is 19.8. The molecule has 5 heteroatoms. The molecule has 1 aliphatic heterocycles. The first-order valence-corrected chi connectivity index (χ1v) is 10.1. The van der Waals surface area contributed by atoms with Gasteiger partial charge < -0.3 is 9.47 Å². The van der Waals surface area contributed by atoms with E-state index in [4.69, 9.17) is 11.6 Å². The van der Waals surface area contributed by atoms with Gasteiger partial charge in [-0.2, -0.15) is 0 Å². The SMILES string of the molecule is O=C(c1ccc(Cl)cc1)N1CCc2ccccc2C1Cn1cnc2ccccc21. The first-order chi connectivity index (χ1) is 14.2. The van der Waals surface area contributed by atoms with Crippen molar-refractivity contribution in [1.29, 1.82) is 0 Å². The minimum absolute atomic E-state index is 0.0330. The van der Waals surface area contributed by atoms with Crippen LogP contribution in [0.4, 0.5) is 0 Å². The van der Waals surface area contributed by atoms with Gasteiger partial charge in [-0.1, -0.05) is 48.0 Å². The van der Waals surface area contributed by atoms with E-state index < -0.39 is 0 Å². The van der Waals surface area contributed by atoms with E-state index >= 15 is 0 Å². The fraction of sp³-hybridized carbons (Fsp3) is 0.167. The predicted octanol–water partition coefficient (Wildman–Crippen LogP) is 5.13. The lowest BCUT2D eigenvalue weighted by molar-refractivity contribution is 0.0641. The maximum absolute atomic E-state index is 13.4. The number of halogens is 1. The van der Waals surface area contributed by atoms with Gasteiger partial charge in [0.15, 0.2) is 0 Å². The maximum atomic E-state index is 13.4. The van der Waals surface area contributed by atoms with E-state index in [1.807, 2.05) is 35.5 Å². The van der Waals surface area contributed by atoms with E-state index in [9.17, 15) is 4.79 Å². The summed E-state index contributed by atoms with van der Waals surface area (Å²) in [5.41, 5.74) is 5.22. The van der Waals surface area contributed by atoms with Gasteiger partial charge in [0.2, 0.25) is 0 Å². The van der Waals surface area contributed by atoms with Crippen LogP contribution in [0.1, 0.15) is 27.5 Å². The standard InChI is InChI=1S/C24H20ClN3O/c25-19-11-9-18(10-12-19)24(29)28-14-13-17-5-1-2-6-20(17)23(28)15-27-16-26-21-7-3-4-8-22(21)27/h1-12,16,23H,13-15H2. The number of amides is 1. The van der Waals surface area contributed by atoms with Crippen molar-refractivity contribution in [3.8, 4) is 0 Å². The third-order valence-electron chi connectivity index (χ3n) is 5.66. The fourth-order valence-electron chi connectivity index (χ4n) is 4.19. The van der Waals surface area contributed by atoms with Crippen LogP contribution in [-0.4, -0.2) is 26.9 Å². The third kappa shape index (κ3) is 3.30. The molecule has 3 aromatic carbocycles. The Morgan fingerprint density at radius 2 is 1.76 bits per heavy atom. The molecule has 0 spiro atoms. The highest BCUT2D eigenvalue weighted by atomic mass is 35.5. The summed E-state index contributed by atoms with van der Waals surface area (Å²) in [6, 6.07) is 23.6. The molecule has 29 heavy (non-hydrogen) atoms. The van der Waals surface area contributed by atoms with Crippen LogP contribution < -0.4 is 0 Å². The summed E-state index contributed by atoms with van der Waals surface area (Å²) in [4.78, 5) is 19.9. The fourth-order valence-corrected chi connectivity index (χ4v) is 4.32. The average molecular weight is 402 g/mol. The number of benzene rings is 3. The Morgan fingerprint density at radius 3 is 2.62 bits per heavy atom. The van der Waals surface area contributed by atoms with Crippen LogP contribution in [0, 0.1) is 0 Å². The quantitative estimate of drug-likeness (QED) is 0.477. The maximum Gasteiger partial charge on any atom is 0.254 e. The van der Waals surface area contributed by atoms with Gasteiger partial charge in [-0.15, -0.1) is 0 Å². The summed E-state index contributed by atoms with van der Waals surface area (Å²) in [6.45, 7) is 1.35. The predicted molar refractivity (Wildman–Crippen MR) is 115 cm³/mol. The van der Waals surface area contributed by atoms with Crippen molar-refractivity contribution in [1.82, 2.24) is 14.5 Å². The molecule has 1 aliphatic rings. The van der Waals surface area contributed by atoms with Crippen LogP contribution in [0.2, 0.25) is 5.02 Å². The zero-order valence-electron chi connectivity index (χ0n) is 15.8. The average Bonchev–Trinajstić information content (AvgIpc) is 3.17. The number of nitrogens with zero attached hydrogens (tertiary/aromatic N) is 3. The Bertz CT molecular complexity index is 1180. The Hall–Kier alpha value is -3.11. The molecule has 4 aromatic rings. The first-order valence-electron chi connectivity index (χ1n) is 9.75. The molecule has 0 radical (unpaired) electrons. The smallest absolute Gasteiger partial charge is 0.254 e. The lowest BCUT2D eigenvalue weighted by Crippen LogP contribution is -2.41. The van der Waals surface area contributed by atoms with E-state index in [-0.39, 0.29) is 11.9 Å². The number of rotatable bonds is 3. The van der Waals surface area contributed by atoms with Gasteiger partial charge in [0.05, 0.1) is 23.4 Å². The number of aromatic nitrogens is 2. The highest BCUT2D eigenvalue weighted by Crippen LogP contribution is 2.33. The second-order valence-electron chi connectivity index (χ2n) is 7.36. The van der Waals surface area contributed by atoms with Gasteiger partial charge in [0.1, 0.15) is 0 Å². The molecule has 0 saturated carbocycles. The summed E-state index contributed by atoms with van der Waals surface area (Å²) < 4.78 is 2.14. The van der Waals surface area contributed by atoms with Crippen LogP contribution in [0.15, 0.2) is 79.1 Å². The van der Waals surface area contributed by atoms with Crippen LogP contribution >= 0.6 is 11.6 Å². The van der Waals surface area contributed by atoms with E-state index in [0.717, 1.165) is 17.5 Å². The zero-order valence-corrected chi connectivity index (χ0v) is 16.6. The molecule has 0 aliphatic carbocycles. The number of imidazole rings is 1. The molecule has 4 nitrogen and oxygen atoms in total. The van der Waals surface area contributed by atoms with E-state index in [1.165, 1.54) is 11.1 Å². The van der Waals surface area contributed by atoms with Crippen molar-refractivity contribution in [3.05, 3.63) is 101 Å². The van der Waals surface area contributed by atoms with Gasteiger partial charge in [0, 0.05) is 23.7 Å². The molecule has 1 atom stereocenters.